The number of carbonyl (C=O) groups is 1. The average Bonchev–Trinajstić information content (AvgIpc) is 2.68. The van der Waals surface area contributed by atoms with E-state index in [1.807, 2.05) is 78.9 Å². The molecule has 0 saturated heterocycles. The lowest BCUT2D eigenvalue weighted by Crippen LogP contribution is -2.43. The van der Waals surface area contributed by atoms with Gasteiger partial charge in [-0.2, -0.15) is 0 Å². The van der Waals surface area contributed by atoms with Gasteiger partial charge in [0.2, 0.25) is 0 Å². The number of benzene rings is 3. The highest BCUT2D eigenvalue weighted by Gasteiger charge is 2.33. The van der Waals surface area contributed by atoms with Gasteiger partial charge in [-0.1, -0.05) is 42.5 Å². The lowest BCUT2D eigenvalue weighted by atomic mass is 10.0. The van der Waals surface area contributed by atoms with Crippen molar-refractivity contribution in [1.29, 1.82) is 0 Å². The second-order valence-electron chi connectivity index (χ2n) is 5.88. The molecule has 4 rings (SSSR count). The van der Waals surface area contributed by atoms with Crippen LogP contribution in [0.1, 0.15) is 22.1 Å². The number of hydrogen-bond donors (Lipinski definition) is 1. The summed E-state index contributed by atoms with van der Waals surface area (Å²) in [5.41, 5.74) is 3.33. The van der Waals surface area contributed by atoms with E-state index in [1.54, 1.807) is 12.0 Å². The molecular weight excluding hydrogens is 312 g/mol. The van der Waals surface area contributed by atoms with Crippen molar-refractivity contribution in [3.63, 3.8) is 0 Å². The molecule has 1 aliphatic rings. The Morgan fingerprint density at radius 1 is 0.920 bits per heavy atom. The number of nitrogens with one attached hydrogen (secondary N) is 1. The first-order valence-electron chi connectivity index (χ1n) is 8.16. The predicted octanol–water partition coefficient (Wildman–Crippen LogP) is 4.47. The van der Waals surface area contributed by atoms with Crippen molar-refractivity contribution >= 4 is 17.3 Å². The highest BCUT2D eigenvalue weighted by molar-refractivity contribution is 6.12. The van der Waals surface area contributed by atoms with Crippen LogP contribution in [0.5, 0.6) is 5.75 Å². The molecular formula is C21H18N2O2. The number of carbonyl (C=O) groups excluding carboxylic acids is 1. The molecule has 1 atom stereocenters. The van der Waals surface area contributed by atoms with Crippen LogP contribution in [-0.2, 0) is 0 Å². The summed E-state index contributed by atoms with van der Waals surface area (Å²) in [6.45, 7) is 0. The Kier molecular flexibility index (Phi) is 3.86. The van der Waals surface area contributed by atoms with E-state index in [4.69, 9.17) is 4.74 Å². The predicted molar refractivity (Wildman–Crippen MR) is 99.1 cm³/mol. The summed E-state index contributed by atoms with van der Waals surface area (Å²) in [6.07, 6.45) is -0.306. The maximum Gasteiger partial charge on any atom is 0.262 e. The molecule has 124 valence electrons. The van der Waals surface area contributed by atoms with E-state index in [9.17, 15) is 4.79 Å². The van der Waals surface area contributed by atoms with Crippen molar-refractivity contribution < 1.29 is 9.53 Å². The Balaban J connectivity index is 1.86. The van der Waals surface area contributed by atoms with Gasteiger partial charge in [-0.3, -0.25) is 9.69 Å². The summed E-state index contributed by atoms with van der Waals surface area (Å²) in [7, 11) is 1.64. The van der Waals surface area contributed by atoms with Crippen LogP contribution in [0.2, 0.25) is 0 Å². The molecule has 0 fully saturated rings. The van der Waals surface area contributed by atoms with E-state index >= 15 is 0 Å². The van der Waals surface area contributed by atoms with Crippen LogP contribution >= 0.6 is 0 Å². The molecule has 1 heterocycles. The van der Waals surface area contributed by atoms with Gasteiger partial charge in [0.05, 0.1) is 12.7 Å². The van der Waals surface area contributed by atoms with E-state index in [0.717, 1.165) is 22.7 Å². The molecule has 25 heavy (non-hydrogen) atoms. The normalized spacial score (nSPS) is 16.1. The van der Waals surface area contributed by atoms with E-state index in [2.05, 4.69) is 5.32 Å². The second kappa shape index (κ2) is 6.32. The van der Waals surface area contributed by atoms with Crippen LogP contribution in [0, 0.1) is 0 Å². The molecule has 1 amide bonds. The number of para-hydroxylation sites is 2. The maximum atomic E-state index is 13.2. The minimum Gasteiger partial charge on any atom is -0.497 e. The smallest absolute Gasteiger partial charge is 0.262 e. The van der Waals surface area contributed by atoms with Gasteiger partial charge in [-0.25, -0.2) is 0 Å². The highest BCUT2D eigenvalue weighted by Crippen LogP contribution is 2.37. The topological polar surface area (TPSA) is 41.6 Å². The third kappa shape index (κ3) is 2.72. The summed E-state index contributed by atoms with van der Waals surface area (Å²) in [5, 5.41) is 3.49. The number of nitrogens with zero attached hydrogens (tertiary/aromatic N) is 1. The van der Waals surface area contributed by atoms with Crippen LogP contribution in [0.15, 0.2) is 78.9 Å². The van der Waals surface area contributed by atoms with Crippen molar-refractivity contribution in [3.05, 3.63) is 90.0 Å². The number of hydrogen-bond acceptors (Lipinski definition) is 3. The van der Waals surface area contributed by atoms with Crippen molar-refractivity contribution in [2.24, 2.45) is 0 Å². The molecule has 1 aliphatic heterocycles. The SMILES string of the molecule is COc1cccc([C@H]2Nc3ccccc3C(=O)N2c2ccccc2)c1. The molecule has 0 bridgehead atoms. The third-order valence-corrected chi connectivity index (χ3v) is 4.37. The van der Waals surface area contributed by atoms with Crippen molar-refractivity contribution in [1.82, 2.24) is 0 Å². The first-order chi connectivity index (χ1) is 12.3. The molecule has 0 saturated carbocycles. The average molecular weight is 330 g/mol. The number of rotatable bonds is 3. The zero-order valence-corrected chi connectivity index (χ0v) is 13.8. The summed E-state index contributed by atoms with van der Waals surface area (Å²) < 4.78 is 5.35. The van der Waals surface area contributed by atoms with Gasteiger partial charge in [0.25, 0.3) is 5.91 Å². The number of ether oxygens (including phenoxy) is 1. The molecule has 3 aromatic rings. The van der Waals surface area contributed by atoms with Crippen LogP contribution in [-0.4, -0.2) is 13.0 Å². The van der Waals surface area contributed by atoms with Crippen LogP contribution in [0.4, 0.5) is 11.4 Å². The zero-order chi connectivity index (χ0) is 17.2. The Morgan fingerprint density at radius 3 is 2.48 bits per heavy atom. The van der Waals surface area contributed by atoms with Crippen LogP contribution in [0.3, 0.4) is 0 Å². The quantitative estimate of drug-likeness (QED) is 0.770. The first kappa shape index (κ1) is 15.3. The molecule has 4 heteroatoms. The molecule has 0 radical (unpaired) electrons. The minimum absolute atomic E-state index is 0.0200. The summed E-state index contributed by atoms with van der Waals surface area (Å²) in [6, 6.07) is 25.1. The van der Waals surface area contributed by atoms with Crippen molar-refractivity contribution in [2.45, 2.75) is 6.17 Å². The molecule has 0 spiro atoms. The molecule has 1 N–H and O–H groups in total. The van der Waals surface area contributed by atoms with E-state index in [1.165, 1.54) is 0 Å². The molecule has 0 unspecified atom stereocenters. The monoisotopic (exact) mass is 330 g/mol. The number of methoxy groups -OCH3 is 1. The number of fused-ring (bicyclic) bond motifs is 1. The molecule has 4 nitrogen and oxygen atoms in total. The first-order valence-corrected chi connectivity index (χ1v) is 8.16. The van der Waals surface area contributed by atoms with Gasteiger partial charge in [-0.15, -0.1) is 0 Å². The van der Waals surface area contributed by atoms with Gasteiger partial charge >= 0.3 is 0 Å². The zero-order valence-electron chi connectivity index (χ0n) is 13.8. The van der Waals surface area contributed by atoms with Gasteiger partial charge < -0.3 is 10.1 Å². The minimum atomic E-state index is -0.306. The van der Waals surface area contributed by atoms with Gasteiger partial charge in [0.15, 0.2) is 0 Å². The largest absolute Gasteiger partial charge is 0.497 e. The van der Waals surface area contributed by atoms with Gasteiger partial charge in [0, 0.05) is 11.4 Å². The summed E-state index contributed by atoms with van der Waals surface area (Å²) in [5.74, 6) is 0.743. The van der Waals surface area contributed by atoms with E-state index < -0.39 is 0 Å². The lowest BCUT2D eigenvalue weighted by Gasteiger charge is -2.38. The fourth-order valence-corrected chi connectivity index (χ4v) is 3.15. The van der Waals surface area contributed by atoms with E-state index in [-0.39, 0.29) is 12.1 Å². The standard InChI is InChI=1S/C21H18N2O2/c1-25-17-11-7-8-15(14-17)20-22-19-13-6-5-12-18(19)21(24)23(20)16-9-3-2-4-10-16/h2-14,20,22H,1H3/t20-/m0/s1. The van der Waals surface area contributed by atoms with Crippen LogP contribution < -0.4 is 15.0 Å². The van der Waals surface area contributed by atoms with Crippen molar-refractivity contribution in [3.8, 4) is 5.75 Å². The van der Waals surface area contributed by atoms with E-state index in [0.29, 0.717) is 5.56 Å². The third-order valence-electron chi connectivity index (χ3n) is 4.37. The Bertz CT molecular complexity index is 909. The number of anilines is 2. The lowest BCUT2D eigenvalue weighted by molar-refractivity contribution is 0.0975. The molecule has 0 aliphatic carbocycles. The summed E-state index contributed by atoms with van der Waals surface area (Å²) in [4.78, 5) is 15.0. The Hall–Kier alpha value is -3.27. The molecule has 3 aromatic carbocycles. The Labute approximate surface area is 146 Å². The van der Waals surface area contributed by atoms with Gasteiger partial charge in [0.1, 0.15) is 11.9 Å². The van der Waals surface area contributed by atoms with Gasteiger partial charge in [-0.05, 0) is 42.0 Å². The fourth-order valence-electron chi connectivity index (χ4n) is 3.15. The highest BCUT2D eigenvalue weighted by atomic mass is 16.5. The van der Waals surface area contributed by atoms with Crippen molar-refractivity contribution in [2.75, 3.05) is 17.3 Å². The van der Waals surface area contributed by atoms with Crippen LogP contribution in [0.25, 0.3) is 0 Å². The maximum absolute atomic E-state index is 13.2. The summed E-state index contributed by atoms with van der Waals surface area (Å²) >= 11 is 0. The molecule has 0 aromatic heterocycles. The number of amides is 1. The second-order valence-corrected chi connectivity index (χ2v) is 5.88. The Morgan fingerprint density at radius 2 is 1.68 bits per heavy atom. The fraction of sp³-hybridized carbons (Fsp3) is 0.0952.